The van der Waals surface area contributed by atoms with Gasteiger partial charge in [0.15, 0.2) is 0 Å². The van der Waals surface area contributed by atoms with E-state index in [4.69, 9.17) is 4.98 Å². The normalized spacial score (nSPS) is 20.0. The van der Waals surface area contributed by atoms with Crippen molar-refractivity contribution in [2.45, 2.75) is 32.6 Å². The number of amides is 1. The van der Waals surface area contributed by atoms with Crippen molar-refractivity contribution in [2.24, 2.45) is 5.92 Å². The second-order valence-electron chi connectivity index (χ2n) is 6.62. The third-order valence-electron chi connectivity index (χ3n) is 4.61. The van der Waals surface area contributed by atoms with Gasteiger partial charge in [-0.25, -0.2) is 4.98 Å². The Hall–Kier alpha value is -1.49. The molecule has 1 aliphatic rings. The van der Waals surface area contributed by atoms with Gasteiger partial charge in [-0.3, -0.25) is 4.79 Å². The highest BCUT2D eigenvalue weighted by Gasteiger charge is 2.28. The molecule has 1 saturated heterocycles. The number of aromatic amines is 1. The fourth-order valence-electron chi connectivity index (χ4n) is 3.37. The van der Waals surface area contributed by atoms with Crippen LogP contribution in [0.1, 0.15) is 37.1 Å². The first-order valence-electron chi connectivity index (χ1n) is 8.32. The molecule has 1 amide bonds. The summed E-state index contributed by atoms with van der Waals surface area (Å²) in [5.41, 5.74) is 3.35. The van der Waals surface area contributed by atoms with E-state index in [1.54, 1.807) is 11.8 Å². The lowest BCUT2D eigenvalue weighted by atomic mass is 9.96. The monoisotopic (exact) mass is 331 g/mol. The number of carbonyl (C=O) groups excluding carboxylic acids is 1. The zero-order valence-corrected chi connectivity index (χ0v) is 14.9. The summed E-state index contributed by atoms with van der Waals surface area (Å²) in [5, 5.41) is 0. The molecule has 4 nitrogen and oxygen atoms in total. The zero-order chi connectivity index (χ0) is 16.4. The number of carbonyl (C=O) groups is 1. The van der Waals surface area contributed by atoms with Gasteiger partial charge in [-0.15, -0.1) is 0 Å². The molecule has 1 N–H and O–H groups in total. The van der Waals surface area contributed by atoms with Crippen molar-refractivity contribution >= 4 is 28.7 Å². The first kappa shape index (κ1) is 16.4. The number of H-pyrrole nitrogens is 1. The van der Waals surface area contributed by atoms with Crippen LogP contribution < -0.4 is 0 Å². The number of rotatable bonds is 4. The number of aromatic nitrogens is 2. The Kier molecular flexibility index (Phi) is 4.95. The summed E-state index contributed by atoms with van der Waals surface area (Å²) < 4.78 is 0. The van der Waals surface area contributed by atoms with Crippen LogP contribution in [0.25, 0.3) is 11.0 Å². The van der Waals surface area contributed by atoms with Crippen molar-refractivity contribution in [1.82, 2.24) is 14.9 Å². The number of hydrogen-bond acceptors (Lipinski definition) is 3. The van der Waals surface area contributed by atoms with Gasteiger partial charge in [0, 0.05) is 30.7 Å². The van der Waals surface area contributed by atoms with Crippen LogP contribution in [0.2, 0.25) is 0 Å². The van der Waals surface area contributed by atoms with E-state index in [0.29, 0.717) is 5.92 Å². The van der Waals surface area contributed by atoms with E-state index in [0.717, 1.165) is 48.5 Å². The van der Waals surface area contributed by atoms with E-state index in [1.165, 1.54) is 5.56 Å². The highest BCUT2D eigenvalue weighted by molar-refractivity contribution is 7.98. The van der Waals surface area contributed by atoms with Crippen LogP contribution in [0.15, 0.2) is 18.2 Å². The Labute approximate surface area is 142 Å². The van der Waals surface area contributed by atoms with E-state index in [2.05, 4.69) is 36.4 Å². The van der Waals surface area contributed by atoms with Gasteiger partial charge in [-0.2, -0.15) is 11.8 Å². The third kappa shape index (κ3) is 3.55. The van der Waals surface area contributed by atoms with Crippen LogP contribution in [-0.2, 0) is 4.79 Å². The number of nitrogens with one attached hydrogen (secondary N) is 1. The molecule has 0 bridgehead atoms. The minimum Gasteiger partial charge on any atom is -0.342 e. The number of piperidine rings is 1. The fraction of sp³-hybridized carbons (Fsp3) is 0.556. The predicted octanol–water partition coefficient (Wildman–Crippen LogP) is 3.58. The van der Waals surface area contributed by atoms with Crippen LogP contribution >= 0.6 is 11.8 Å². The second-order valence-corrected chi connectivity index (χ2v) is 7.53. The van der Waals surface area contributed by atoms with Crippen molar-refractivity contribution in [3.05, 3.63) is 29.6 Å². The first-order valence-corrected chi connectivity index (χ1v) is 9.72. The summed E-state index contributed by atoms with van der Waals surface area (Å²) in [6.07, 6.45) is 4.21. The lowest BCUT2D eigenvalue weighted by Crippen LogP contribution is -2.42. The molecule has 2 heterocycles. The van der Waals surface area contributed by atoms with Crippen molar-refractivity contribution in [1.29, 1.82) is 0 Å². The van der Waals surface area contributed by atoms with Gasteiger partial charge in [0.2, 0.25) is 5.91 Å². The topological polar surface area (TPSA) is 49.0 Å². The summed E-state index contributed by atoms with van der Waals surface area (Å²) in [7, 11) is 0. The maximum Gasteiger partial charge on any atom is 0.226 e. The van der Waals surface area contributed by atoms with Crippen LogP contribution in [0.3, 0.4) is 0 Å². The van der Waals surface area contributed by atoms with E-state index >= 15 is 0 Å². The molecule has 1 fully saturated rings. The summed E-state index contributed by atoms with van der Waals surface area (Å²) >= 11 is 1.74. The van der Waals surface area contributed by atoms with Crippen molar-refractivity contribution in [2.75, 3.05) is 25.1 Å². The van der Waals surface area contributed by atoms with Gasteiger partial charge < -0.3 is 9.88 Å². The highest BCUT2D eigenvalue weighted by Crippen LogP contribution is 2.28. The first-order chi connectivity index (χ1) is 11.1. The van der Waals surface area contributed by atoms with Gasteiger partial charge in [-0.05, 0) is 43.7 Å². The lowest BCUT2D eigenvalue weighted by Gasteiger charge is -2.33. The third-order valence-corrected chi connectivity index (χ3v) is 5.45. The van der Waals surface area contributed by atoms with E-state index in [1.807, 2.05) is 11.8 Å². The molecule has 1 aromatic heterocycles. The Balaban J connectivity index is 1.75. The number of imidazole rings is 1. The van der Waals surface area contributed by atoms with Gasteiger partial charge in [0.25, 0.3) is 0 Å². The Morgan fingerprint density at radius 1 is 1.52 bits per heavy atom. The highest BCUT2D eigenvalue weighted by atomic mass is 32.2. The number of benzene rings is 1. The molecule has 23 heavy (non-hydrogen) atoms. The molecular weight excluding hydrogens is 306 g/mol. The van der Waals surface area contributed by atoms with Crippen LogP contribution in [0.4, 0.5) is 0 Å². The minimum atomic E-state index is 0.0991. The van der Waals surface area contributed by atoms with E-state index in [-0.39, 0.29) is 11.8 Å². The van der Waals surface area contributed by atoms with Gasteiger partial charge >= 0.3 is 0 Å². The molecule has 0 radical (unpaired) electrons. The Bertz CT molecular complexity index is 697. The van der Waals surface area contributed by atoms with Gasteiger partial charge in [-0.1, -0.05) is 13.0 Å². The van der Waals surface area contributed by atoms with Gasteiger partial charge in [0.05, 0.1) is 11.0 Å². The van der Waals surface area contributed by atoms with Crippen LogP contribution in [0.5, 0.6) is 0 Å². The molecule has 0 aliphatic carbocycles. The number of thioether (sulfide) groups is 1. The lowest BCUT2D eigenvalue weighted by molar-refractivity contribution is -0.135. The standard InChI is InChI=1S/C18H25N3OS/c1-12-6-7-15-16(9-12)20-17(19-15)14-5-4-8-21(10-14)18(22)13(2)11-23-3/h6-7,9,13-14H,4-5,8,10-11H2,1-3H3,(H,19,20)/t13-,14-/m1/s1. The molecular formula is C18H25N3OS. The molecule has 1 aliphatic heterocycles. The molecule has 1 aromatic carbocycles. The summed E-state index contributed by atoms with van der Waals surface area (Å²) in [6.45, 7) is 5.80. The quantitative estimate of drug-likeness (QED) is 0.931. The SMILES string of the molecule is CSC[C@@H](C)C(=O)N1CCC[C@@H](c2nc3ccc(C)cc3[nH]2)C1. The molecule has 2 atom stereocenters. The van der Waals surface area contributed by atoms with Gasteiger partial charge in [0.1, 0.15) is 5.82 Å². The van der Waals surface area contributed by atoms with Crippen molar-refractivity contribution < 1.29 is 4.79 Å². The Morgan fingerprint density at radius 2 is 2.35 bits per heavy atom. The average Bonchev–Trinajstić information content (AvgIpc) is 2.97. The molecule has 0 saturated carbocycles. The van der Waals surface area contributed by atoms with Crippen LogP contribution in [0, 0.1) is 12.8 Å². The van der Waals surface area contributed by atoms with Crippen molar-refractivity contribution in [3.8, 4) is 0 Å². The maximum atomic E-state index is 12.6. The fourth-order valence-corrected chi connectivity index (χ4v) is 4.01. The number of aryl methyl sites for hydroxylation is 1. The summed E-state index contributed by atoms with van der Waals surface area (Å²) in [6, 6.07) is 6.29. The number of likely N-dealkylation sites (tertiary alicyclic amines) is 1. The van der Waals surface area contributed by atoms with Crippen molar-refractivity contribution in [3.63, 3.8) is 0 Å². The van der Waals surface area contributed by atoms with Crippen LogP contribution in [-0.4, -0.2) is 45.9 Å². The summed E-state index contributed by atoms with van der Waals surface area (Å²) in [4.78, 5) is 22.8. The smallest absolute Gasteiger partial charge is 0.226 e. The molecule has 124 valence electrons. The summed E-state index contributed by atoms with van der Waals surface area (Å²) in [5.74, 6) is 2.63. The Morgan fingerprint density at radius 3 is 3.13 bits per heavy atom. The molecule has 2 aromatic rings. The number of fused-ring (bicyclic) bond motifs is 1. The molecule has 3 rings (SSSR count). The molecule has 5 heteroatoms. The number of nitrogens with zero attached hydrogens (tertiary/aromatic N) is 2. The van der Waals surface area contributed by atoms with E-state index in [9.17, 15) is 4.79 Å². The minimum absolute atomic E-state index is 0.0991. The van der Waals surface area contributed by atoms with E-state index < -0.39 is 0 Å². The average molecular weight is 331 g/mol. The largest absolute Gasteiger partial charge is 0.342 e. The second kappa shape index (κ2) is 6.95. The number of hydrogen-bond donors (Lipinski definition) is 1. The molecule has 0 spiro atoms. The predicted molar refractivity (Wildman–Crippen MR) is 96.9 cm³/mol. The maximum absolute atomic E-state index is 12.6. The molecule has 0 unspecified atom stereocenters. The zero-order valence-electron chi connectivity index (χ0n) is 14.1.